The van der Waals surface area contributed by atoms with E-state index in [0.29, 0.717) is 5.92 Å². The van der Waals surface area contributed by atoms with Crippen LogP contribution in [0.4, 0.5) is 5.69 Å². The minimum Gasteiger partial charge on any atom is -0.382 e. The highest BCUT2D eigenvalue weighted by Gasteiger charge is 2.10. The minimum atomic E-state index is 0.489. The summed E-state index contributed by atoms with van der Waals surface area (Å²) < 4.78 is 1.93. The molecule has 0 atom stereocenters. The fourth-order valence-corrected chi connectivity index (χ4v) is 1.59. The van der Waals surface area contributed by atoms with Gasteiger partial charge in [0.25, 0.3) is 0 Å². The van der Waals surface area contributed by atoms with Gasteiger partial charge in [0.05, 0.1) is 17.6 Å². The van der Waals surface area contributed by atoms with Crippen molar-refractivity contribution in [3.63, 3.8) is 0 Å². The molecule has 80 valence electrons. The predicted molar refractivity (Wildman–Crippen MR) is 59.5 cm³/mol. The summed E-state index contributed by atoms with van der Waals surface area (Å²) in [5.74, 6) is 0.489. The molecule has 1 heterocycles. The van der Waals surface area contributed by atoms with Crippen LogP contribution in [0.2, 0.25) is 0 Å². The first-order chi connectivity index (χ1) is 6.66. The van der Waals surface area contributed by atoms with Crippen LogP contribution in [0, 0.1) is 0 Å². The summed E-state index contributed by atoms with van der Waals surface area (Å²) in [4.78, 5) is 0. The number of hydrogen-bond acceptors (Lipinski definition) is 3. The van der Waals surface area contributed by atoms with Crippen LogP contribution in [0.5, 0.6) is 0 Å². The average molecular weight is 196 g/mol. The number of rotatable bonds is 5. The van der Waals surface area contributed by atoms with Gasteiger partial charge in [-0.15, -0.1) is 0 Å². The minimum absolute atomic E-state index is 0.489. The van der Waals surface area contributed by atoms with Crippen LogP contribution in [0.25, 0.3) is 0 Å². The zero-order valence-corrected chi connectivity index (χ0v) is 9.25. The van der Waals surface area contributed by atoms with E-state index in [-0.39, 0.29) is 0 Å². The fourth-order valence-electron chi connectivity index (χ4n) is 1.59. The molecule has 0 bridgehead atoms. The van der Waals surface area contributed by atoms with Gasteiger partial charge in [0.1, 0.15) is 0 Å². The van der Waals surface area contributed by atoms with Crippen molar-refractivity contribution in [2.24, 2.45) is 12.8 Å². The van der Waals surface area contributed by atoms with Crippen LogP contribution in [-0.2, 0) is 7.05 Å². The lowest BCUT2D eigenvalue weighted by molar-refractivity contribution is 0.670. The molecule has 0 amide bonds. The summed E-state index contributed by atoms with van der Waals surface area (Å²) in [6.45, 7) is 5.99. The standard InChI is InChI=1S/C10H20N4/c1-8(2)10-9(7-13-14(10)3)12-6-4-5-11/h7-8,12H,4-6,11H2,1-3H3. The molecule has 0 unspecified atom stereocenters. The normalized spacial score (nSPS) is 10.9. The molecule has 0 aromatic carbocycles. The van der Waals surface area contributed by atoms with Crippen molar-refractivity contribution in [2.75, 3.05) is 18.4 Å². The SMILES string of the molecule is CC(C)c1c(NCCCN)cnn1C. The molecular weight excluding hydrogens is 176 g/mol. The second-order valence-electron chi connectivity index (χ2n) is 3.79. The van der Waals surface area contributed by atoms with Gasteiger partial charge in [-0.3, -0.25) is 4.68 Å². The summed E-state index contributed by atoms with van der Waals surface area (Å²) in [5.41, 5.74) is 7.82. The van der Waals surface area contributed by atoms with Crippen LogP contribution < -0.4 is 11.1 Å². The lowest BCUT2D eigenvalue weighted by atomic mass is 10.1. The number of nitrogens with zero attached hydrogens (tertiary/aromatic N) is 2. The lowest BCUT2D eigenvalue weighted by Crippen LogP contribution is -2.10. The molecule has 1 aromatic heterocycles. The second kappa shape index (κ2) is 5.00. The maximum atomic E-state index is 5.43. The molecule has 3 N–H and O–H groups in total. The summed E-state index contributed by atoms with van der Waals surface area (Å²) in [6.07, 6.45) is 2.87. The molecule has 0 aliphatic heterocycles. The highest BCUT2D eigenvalue weighted by Crippen LogP contribution is 2.22. The number of aromatic nitrogens is 2. The zero-order valence-electron chi connectivity index (χ0n) is 9.25. The molecule has 1 aromatic rings. The third-order valence-corrected chi connectivity index (χ3v) is 2.23. The van der Waals surface area contributed by atoms with Gasteiger partial charge in [-0.2, -0.15) is 5.10 Å². The summed E-state index contributed by atoms with van der Waals surface area (Å²) in [7, 11) is 1.98. The predicted octanol–water partition coefficient (Wildman–Crippen LogP) is 1.30. The number of nitrogens with two attached hydrogens (primary N) is 1. The summed E-state index contributed by atoms with van der Waals surface area (Å²) in [5, 5.41) is 7.59. The van der Waals surface area contributed by atoms with Gasteiger partial charge in [-0.05, 0) is 18.9 Å². The van der Waals surface area contributed by atoms with Gasteiger partial charge >= 0.3 is 0 Å². The first-order valence-electron chi connectivity index (χ1n) is 5.12. The van der Waals surface area contributed by atoms with E-state index < -0.39 is 0 Å². The number of nitrogens with one attached hydrogen (secondary N) is 1. The third-order valence-electron chi connectivity index (χ3n) is 2.23. The summed E-state index contributed by atoms with van der Waals surface area (Å²) >= 11 is 0. The topological polar surface area (TPSA) is 55.9 Å². The van der Waals surface area contributed by atoms with E-state index in [0.717, 1.165) is 25.2 Å². The van der Waals surface area contributed by atoms with Gasteiger partial charge < -0.3 is 11.1 Å². The third kappa shape index (κ3) is 2.48. The quantitative estimate of drug-likeness (QED) is 0.698. The molecular formula is C10H20N4. The fraction of sp³-hybridized carbons (Fsp3) is 0.700. The van der Waals surface area contributed by atoms with E-state index in [2.05, 4.69) is 24.3 Å². The molecule has 0 aliphatic carbocycles. The Balaban J connectivity index is 2.66. The van der Waals surface area contributed by atoms with Gasteiger partial charge in [0.2, 0.25) is 0 Å². The Morgan fingerprint density at radius 3 is 2.86 bits per heavy atom. The summed E-state index contributed by atoms with van der Waals surface area (Å²) in [6, 6.07) is 0. The molecule has 0 radical (unpaired) electrons. The van der Waals surface area contributed by atoms with Gasteiger partial charge in [0, 0.05) is 13.6 Å². The Bertz CT molecular complexity index is 278. The Morgan fingerprint density at radius 1 is 1.57 bits per heavy atom. The highest BCUT2D eigenvalue weighted by atomic mass is 15.3. The van der Waals surface area contributed by atoms with Gasteiger partial charge in [0.15, 0.2) is 0 Å². The van der Waals surface area contributed by atoms with E-state index in [4.69, 9.17) is 5.73 Å². The Hall–Kier alpha value is -1.03. The smallest absolute Gasteiger partial charge is 0.0761 e. The molecule has 14 heavy (non-hydrogen) atoms. The van der Waals surface area contributed by atoms with Crippen molar-refractivity contribution in [1.29, 1.82) is 0 Å². The van der Waals surface area contributed by atoms with Crippen molar-refractivity contribution in [3.8, 4) is 0 Å². The van der Waals surface area contributed by atoms with Crippen molar-refractivity contribution in [3.05, 3.63) is 11.9 Å². The zero-order chi connectivity index (χ0) is 10.6. The number of aryl methyl sites for hydroxylation is 1. The first-order valence-corrected chi connectivity index (χ1v) is 5.12. The van der Waals surface area contributed by atoms with Crippen LogP contribution in [0.1, 0.15) is 31.9 Å². The lowest BCUT2D eigenvalue weighted by Gasteiger charge is -2.10. The molecule has 0 saturated heterocycles. The van der Waals surface area contributed by atoms with E-state index in [1.54, 1.807) is 0 Å². The Kier molecular flexibility index (Phi) is 3.95. The van der Waals surface area contributed by atoms with Crippen LogP contribution in [-0.4, -0.2) is 22.9 Å². The van der Waals surface area contributed by atoms with E-state index in [9.17, 15) is 0 Å². The van der Waals surface area contributed by atoms with E-state index in [1.165, 1.54) is 5.69 Å². The van der Waals surface area contributed by atoms with Crippen molar-refractivity contribution in [2.45, 2.75) is 26.2 Å². The molecule has 0 spiro atoms. The van der Waals surface area contributed by atoms with Crippen molar-refractivity contribution in [1.82, 2.24) is 9.78 Å². The maximum Gasteiger partial charge on any atom is 0.0761 e. The molecule has 0 fully saturated rings. The van der Waals surface area contributed by atoms with Crippen LogP contribution >= 0.6 is 0 Å². The molecule has 4 heteroatoms. The van der Waals surface area contributed by atoms with Crippen molar-refractivity contribution < 1.29 is 0 Å². The highest BCUT2D eigenvalue weighted by molar-refractivity contribution is 5.47. The number of anilines is 1. The molecule has 1 rings (SSSR count). The molecule has 4 nitrogen and oxygen atoms in total. The van der Waals surface area contributed by atoms with Gasteiger partial charge in [-0.1, -0.05) is 13.8 Å². The number of hydrogen-bond donors (Lipinski definition) is 2. The van der Waals surface area contributed by atoms with Crippen molar-refractivity contribution >= 4 is 5.69 Å². The average Bonchev–Trinajstić information content (AvgIpc) is 2.47. The van der Waals surface area contributed by atoms with Gasteiger partial charge in [-0.25, -0.2) is 0 Å². The molecule has 0 saturated carbocycles. The molecule has 0 aliphatic rings. The van der Waals surface area contributed by atoms with E-state index >= 15 is 0 Å². The first kappa shape index (κ1) is 11.0. The Morgan fingerprint density at radius 2 is 2.29 bits per heavy atom. The maximum absolute atomic E-state index is 5.43. The largest absolute Gasteiger partial charge is 0.382 e. The monoisotopic (exact) mass is 196 g/mol. The van der Waals surface area contributed by atoms with Crippen LogP contribution in [0.3, 0.4) is 0 Å². The van der Waals surface area contributed by atoms with E-state index in [1.807, 2.05) is 17.9 Å². The van der Waals surface area contributed by atoms with Crippen LogP contribution in [0.15, 0.2) is 6.20 Å². The second-order valence-corrected chi connectivity index (χ2v) is 3.79. The Labute approximate surface area is 85.5 Å².